The van der Waals surface area contributed by atoms with Crippen molar-refractivity contribution in [1.29, 1.82) is 0 Å². The largest absolute Gasteiger partial charge is 0.463 e. The molecule has 18 heavy (non-hydrogen) atoms. The van der Waals surface area contributed by atoms with Crippen molar-refractivity contribution in [2.24, 2.45) is 0 Å². The maximum absolute atomic E-state index is 5.67. The molecular weight excluding hydrogens is 230 g/mol. The molecule has 0 fully saturated rings. The van der Waals surface area contributed by atoms with Crippen LogP contribution in [0.15, 0.2) is 0 Å². The Kier molecular flexibility index (Phi) is 5.61. The third-order valence-corrected chi connectivity index (χ3v) is 2.74. The van der Waals surface area contributed by atoms with E-state index in [4.69, 9.17) is 10.5 Å². The molecule has 0 saturated carbocycles. The maximum atomic E-state index is 5.67. The average molecular weight is 253 g/mol. The zero-order valence-electron chi connectivity index (χ0n) is 11.7. The lowest BCUT2D eigenvalue weighted by atomic mass is 10.2. The lowest BCUT2D eigenvalue weighted by Gasteiger charge is -2.24. The molecule has 6 heteroatoms. The fourth-order valence-corrected chi connectivity index (χ4v) is 1.59. The maximum Gasteiger partial charge on any atom is 0.323 e. The lowest BCUT2D eigenvalue weighted by molar-refractivity contribution is 0.292. The molecule has 1 aromatic rings. The Bertz CT molecular complexity index is 371. The molecule has 0 aliphatic carbocycles. The number of hydrogen-bond acceptors (Lipinski definition) is 6. The van der Waals surface area contributed by atoms with E-state index in [2.05, 4.69) is 28.8 Å². The van der Waals surface area contributed by atoms with E-state index in [1.807, 2.05) is 18.9 Å². The van der Waals surface area contributed by atoms with Crippen LogP contribution >= 0.6 is 0 Å². The van der Waals surface area contributed by atoms with Crippen LogP contribution in [0.4, 0.5) is 11.9 Å². The molecule has 0 aliphatic rings. The van der Waals surface area contributed by atoms with Crippen molar-refractivity contribution in [2.45, 2.75) is 46.1 Å². The highest BCUT2D eigenvalue weighted by molar-refractivity contribution is 5.35. The monoisotopic (exact) mass is 253 g/mol. The topological polar surface area (TPSA) is 77.2 Å². The van der Waals surface area contributed by atoms with Crippen molar-refractivity contribution in [3.05, 3.63) is 0 Å². The zero-order valence-corrected chi connectivity index (χ0v) is 11.7. The molecular formula is C12H23N5O. The van der Waals surface area contributed by atoms with Gasteiger partial charge in [-0.15, -0.1) is 0 Å². The van der Waals surface area contributed by atoms with Gasteiger partial charge in [0.15, 0.2) is 0 Å². The predicted octanol–water partition coefficient (Wildman–Crippen LogP) is 1.87. The minimum Gasteiger partial charge on any atom is -0.463 e. The Labute approximate surface area is 109 Å². The third kappa shape index (κ3) is 4.01. The summed E-state index contributed by atoms with van der Waals surface area (Å²) >= 11 is 0. The first-order valence-corrected chi connectivity index (χ1v) is 6.45. The summed E-state index contributed by atoms with van der Waals surface area (Å²) in [6.07, 6.45) is 3.10. The van der Waals surface area contributed by atoms with Crippen LogP contribution in [0.5, 0.6) is 6.01 Å². The van der Waals surface area contributed by atoms with E-state index in [1.165, 1.54) is 0 Å². The summed E-state index contributed by atoms with van der Waals surface area (Å²) in [5, 5.41) is 0. The highest BCUT2D eigenvalue weighted by Crippen LogP contribution is 2.16. The van der Waals surface area contributed by atoms with Crippen LogP contribution in [0.3, 0.4) is 0 Å². The average Bonchev–Trinajstić information content (AvgIpc) is 2.35. The Hall–Kier alpha value is -1.59. The van der Waals surface area contributed by atoms with Gasteiger partial charge in [-0.1, -0.05) is 20.3 Å². The molecule has 0 saturated heterocycles. The highest BCUT2D eigenvalue weighted by atomic mass is 16.5. The molecule has 0 spiro atoms. The molecule has 1 aromatic heterocycles. The van der Waals surface area contributed by atoms with Gasteiger partial charge in [0.05, 0.1) is 6.61 Å². The number of hydrogen-bond donors (Lipinski definition) is 1. The number of nitrogen functional groups attached to an aromatic ring is 1. The Morgan fingerprint density at radius 2 is 1.94 bits per heavy atom. The van der Waals surface area contributed by atoms with Crippen LogP contribution in [-0.2, 0) is 0 Å². The van der Waals surface area contributed by atoms with E-state index >= 15 is 0 Å². The second-order valence-electron chi connectivity index (χ2n) is 4.37. The first-order chi connectivity index (χ1) is 8.58. The molecule has 0 radical (unpaired) electrons. The summed E-state index contributed by atoms with van der Waals surface area (Å²) in [5.74, 6) is 0.760. The Morgan fingerprint density at radius 1 is 1.22 bits per heavy atom. The second-order valence-corrected chi connectivity index (χ2v) is 4.37. The first kappa shape index (κ1) is 14.5. The molecule has 0 amide bonds. The van der Waals surface area contributed by atoms with E-state index in [0.29, 0.717) is 24.6 Å². The summed E-state index contributed by atoms with van der Waals surface area (Å²) in [5.41, 5.74) is 5.67. The van der Waals surface area contributed by atoms with Crippen LogP contribution < -0.4 is 15.4 Å². The normalized spacial score (nSPS) is 12.2. The third-order valence-electron chi connectivity index (χ3n) is 2.74. The van der Waals surface area contributed by atoms with Gasteiger partial charge in [-0.05, 0) is 19.8 Å². The van der Waals surface area contributed by atoms with Gasteiger partial charge in [0, 0.05) is 13.1 Å². The molecule has 102 valence electrons. The van der Waals surface area contributed by atoms with Crippen LogP contribution in [-0.4, -0.2) is 34.6 Å². The van der Waals surface area contributed by atoms with Gasteiger partial charge < -0.3 is 15.4 Å². The molecule has 0 aromatic carbocycles. The SMILES string of the molecule is CCCOc1nc(N)nc(N(C)C(C)CCC)n1. The van der Waals surface area contributed by atoms with Crippen LogP contribution in [0.1, 0.15) is 40.0 Å². The predicted molar refractivity (Wildman–Crippen MR) is 72.8 cm³/mol. The van der Waals surface area contributed by atoms with Crippen molar-refractivity contribution >= 4 is 11.9 Å². The van der Waals surface area contributed by atoms with E-state index in [-0.39, 0.29) is 5.95 Å². The van der Waals surface area contributed by atoms with Crippen molar-refractivity contribution in [3.63, 3.8) is 0 Å². The summed E-state index contributed by atoms with van der Waals surface area (Å²) in [7, 11) is 1.96. The van der Waals surface area contributed by atoms with Crippen molar-refractivity contribution < 1.29 is 4.74 Å². The number of aromatic nitrogens is 3. The first-order valence-electron chi connectivity index (χ1n) is 6.45. The van der Waals surface area contributed by atoms with Crippen molar-refractivity contribution in [3.8, 4) is 6.01 Å². The number of nitrogens with zero attached hydrogens (tertiary/aromatic N) is 4. The van der Waals surface area contributed by atoms with Gasteiger partial charge in [-0.3, -0.25) is 0 Å². The molecule has 2 N–H and O–H groups in total. The van der Waals surface area contributed by atoms with Gasteiger partial charge >= 0.3 is 6.01 Å². The minimum atomic E-state index is 0.196. The van der Waals surface area contributed by atoms with Gasteiger partial charge in [-0.25, -0.2) is 0 Å². The van der Waals surface area contributed by atoms with Gasteiger partial charge in [-0.2, -0.15) is 15.0 Å². The van der Waals surface area contributed by atoms with E-state index in [0.717, 1.165) is 19.3 Å². The van der Waals surface area contributed by atoms with E-state index in [9.17, 15) is 0 Å². The number of rotatable bonds is 7. The standard InChI is InChI=1S/C12H23N5O/c1-5-7-9(3)17(4)11-14-10(13)15-12(16-11)18-8-6-2/h9H,5-8H2,1-4H3,(H2,13,14,15,16). The molecule has 0 aliphatic heterocycles. The van der Waals surface area contributed by atoms with Crippen LogP contribution in [0.25, 0.3) is 0 Å². The molecule has 1 unspecified atom stereocenters. The highest BCUT2D eigenvalue weighted by Gasteiger charge is 2.14. The van der Waals surface area contributed by atoms with E-state index in [1.54, 1.807) is 0 Å². The molecule has 1 heterocycles. The summed E-state index contributed by atoms with van der Waals surface area (Å²) in [6, 6.07) is 0.658. The molecule has 0 bridgehead atoms. The van der Waals surface area contributed by atoms with Crippen molar-refractivity contribution in [2.75, 3.05) is 24.3 Å². The summed E-state index contributed by atoms with van der Waals surface area (Å²) < 4.78 is 5.40. The second kappa shape index (κ2) is 6.98. The molecule has 1 rings (SSSR count). The minimum absolute atomic E-state index is 0.196. The van der Waals surface area contributed by atoms with Gasteiger partial charge in [0.25, 0.3) is 0 Å². The number of ether oxygens (including phenoxy) is 1. The Morgan fingerprint density at radius 3 is 2.56 bits per heavy atom. The fourth-order valence-electron chi connectivity index (χ4n) is 1.59. The van der Waals surface area contributed by atoms with Crippen LogP contribution in [0, 0.1) is 0 Å². The smallest absolute Gasteiger partial charge is 0.323 e. The van der Waals surface area contributed by atoms with E-state index < -0.39 is 0 Å². The number of anilines is 2. The Balaban J connectivity index is 2.84. The summed E-state index contributed by atoms with van der Waals surface area (Å²) in [6.45, 7) is 6.90. The van der Waals surface area contributed by atoms with Crippen LogP contribution in [0.2, 0.25) is 0 Å². The fraction of sp³-hybridized carbons (Fsp3) is 0.750. The quantitative estimate of drug-likeness (QED) is 0.799. The summed E-state index contributed by atoms with van der Waals surface area (Å²) in [4.78, 5) is 14.4. The number of nitrogens with two attached hydrogens (primary N) is 1. The van der Waals surface area contributed by atoms with Crippen molar-refractivity contribution in [1.82, 2.24) is 15.0 Å². The molecule has 6 nitrogen and oxygen atoms in total. The van der Waals surface area contributed by atoms with Gasteiger partial charge in [0.1, 0.15) is 0 Å². The van der Waals surface area contributed by atoms with Gasteiger partial charge in [0.2, 0.25) is 11.9 Å². The molecule has 1 atom stereocenters. The zero-order chi connectivity index (χ0) is 13.5. The lowest BCUT2D eigenvalue weighted by Crippen LogP contribution is -2.30.